The average Bonchev–Trinajstić information content (AvgIpc) is 2.61. The molecule has 0 spiro atoms. The van der Waals surface area contributed by atoms with E-state index in [2.05, 4.69) is 43.8 Å². The number of hydrogen-bond donors (Lipinski definition) is 1. The van der Waals surface area contributed by atoms with Gasteiger partial charge < -0.3 is 19.6 Å². The van der Waals surface area contributed by atoms with Gasteiger partial charge in [-0.25, -0.2) is 0 Å². The van der Waals surface area contributed by atoms with Crippen molar-refractivity contribution in [2.75, 3.05) is 53.5 Å². The van der Waals surface area contributed by atoms with E-state index < -0.39 is 0 Å². The van der Waals surface area contributed by atoms with Crippen molar-refractivity contribution in [3.05, 3.63) is 11.6 Å². The normalized spacial score (nSPS) is 30.2. The van der Waals surface area contributed by atoms with Gasteiger partial charge in [0.1, 0.15) is 0 Å². The van der Waals surface area contributed by atoms with Crippen molar-refractivity contribution >= 4 is 0 Å². The number of rotatable bonds is 9. The minimum Gasteiger partial charge on any atom is -0.389 e. The highest BCUT2D eigenvalue weighted by atomic mass is 16.5. The number of β-amino-alcohol motifs (C(OH)–C–C–N with tert-alkyl or cyclic N) is 1. The first-order chi connectivity index (χ1) is 12.4. The van der Waals surface area contributed by atoms with Gasteiger partial charge in [-0.1, -0.05) is 19.9 Å². The highest BCUT2D eigenvalue weighted by Crippen LogP contribution is 2.59. The molecular formula is C22H40N2O2. The molecule has 0 amide bonds. The van der Waals surface area contributed by atoms with Crippen LogP contribution in [0, 0.1) is 23.2 Å². The zero-order valence-corrected chi connectivity index (χ0v) is 17.4. The Bertz CT molecular complexity index is 481. The Morgan fingerprint density at radius 1 is 1.31 bits per heavy atom. The van der Waals surface area contributed by atoms with E-state index in [4.69, 9.17) is 4.74 Å². The molecule has 4 aliphatic rings. The molecule has 1 saturated heterocycles. The minimum atomic E-state index is -0.361. The molecule has 1 aliphatic heterocycles. The third kappa shape index (κ3) is 4.89. The van der Waals surface area contributed by atoms with Gasteiger partial charge >= 0.3 is 0 Å². The summed E-state index contributed by atoms with van der Waals surface area (Å²) in [5, 5.41) is 10.4. The molecule has 1 N–H and O–H groups in total. The van der Waals surface area contributed by atoms with E-state index >= 15 is 0 Å². The van der Waals surface area contributed by atoms with E-state index in [0.29, 0.717) is 24.5 Å². The predicted octanol–water partition coefficient (Wildman–Crippen LogP) is 3.02. The second kappa shape index (κ2) is 8.72. The number of aliphatic hydroxyl groups is 1. The van der Waals surface area contributed by atoms with E-state index in [1.807, 2.05) is 0 Å². The highest BCUT2D eigenvalue weighted by molar-refractivity contribution is 5.23. The van der Waals surface area contributed by atoms with Crippen molar-refractivity contribution in [3.63, 3.8) is 0 Å². The van der Waals surface area contributed by atoms with Gasteiger partial charge in [0.05, 0.1) is 19.3 Å². The Morgan fingerprint density at radius 2 is 2.04 bits per heavy atom. The molecule has 0 aromatic carbocycles. The molecule has 0 aromatic heterocycles. The second-order valence-electron chi connectivity index (χ2n) is 9.83. The lowest BCUT2D eigenvalue weighted by molar-refractivity contribution is -0.0270. The van der Waals surface area contributed by atoms with Gasteiger partial charge in [0, 0.05) is 6.54 Å². The van der Waals surface area contributed by atoms with Gasteiger partial charge in [0.15, 0.2) is 0 Å². The molecule has 4 heteroatoms. The van der Waals surface area contributed by atoms with Gasteiger partial charge in [-0.3, -0.25) is 0 Å². The molecular weight excluding hydrogens is 324 g/mol. The third-order valence-electron chi connectivity index (χ3n) is 7.32. The fraction of sp³-hybridized carbons (Fsp3) is 0.909. The van der Waals surface area contributed by atoms with E-state index in [0.717, 1.165) is 31.5 Å². The summed E-state index contributed by atoms with van der Waals surface area (Å²) in [6, 6.07) is 0. The zero-order chi connectivity index (χ0) is 18.7. The van der Waals surface area contributed by atoms with Crippen molar-refractivity contribution in [1.29, 1.82) is 0 Å². The maximum atomic E-state index is 10.4. The summed E-state index contributed by atoms with van der Waals surface area (Å²) in [6.45, 7) is 10.2. The molecule has 2 bridgehead atoms. The van der Waals surface area contributed by atoms with Gasteiger partial charge in [-0.15, -0.1) is 0 Å². The van der Waals surface area contributed by atoms with Crippen LogP contribution in [0.2, 0.25) is 0 Å². The van der Waals surface area contributed by atoms with E-state index in [9.17, 15) is 5.11 Å². The Balaban J connectivity index is 1.29. The number of hydrogen-bond acceptors (Lipinski definition) is 4. The number of allylic oxidation sites excluding steroid dienone is 1. The predicted molar refractivity (Wildman–Crippen MR) is 107 cm³/mol. The molecule has 150 valence electrons. The van der Waals surface area contributed by atoms with E-state index in [-0.39, 0.29) is 6.10 Å². The molecule has 4 rings (SSSR count). The van der Waals surface area contributed by atoms with Crippen molar-refractivity contribution < 1.29 is 9.84 Å². The standard InChI is InChI=1S/C22H40N2O2/c1-22(2)19-6-5-18(21(22)13-19)15-26-16-20(25)14-24-11-8-17(9-12-24)7-10-23(3)4/h5,17,19-21,25H,6-16H2,1-4H3. The van der Waals surface area contributed by atoms with Crippen LogP contribution in [0.5, 0.6) is 0 Å². The molecule has 26 heavy (non-hydrogen) atoms. The molecule has 0 radical (unpaired) electrons. The zero-order valence-electron chi connectivity index (χ0n) is 17.4. The van der Waals surface area contributed by atoms with Crippen molar-refractivity contribution in [1.82, 2.24) is 9.80 Å². The number of ether oxygens (including phenoxy) is 1. The van der Waals surface area contributed by atoms with Crippen LogP contribution in [0.15, 0.2) is 11.6 Å². The summed E-state index contributed by atoms with van der Waals surface area (Å²) in [6.07, 6.45) is 8.44. The Labute approximate surface area is 160 Å². The molecule has 1 saturated carbocycles. The van der Waals surface area contributed by atoms with Crippen LogP contribution in [0.25, 0.3) is 0 Å². The monoisotopic (exact) mass is 364 g/mol. The van der Waals surface area contributed by atoms with Crippen molar-refractivity contribution in [3.8, 4) is 0 Å². The van der Waals surface area contributed by atoms with Crippen LogP contribution in [-0.2, 0) is 4.74 Å². The third-order valence-corrected chi connectivity index (χ3v) is 7.32. The number of piperidine rings is 1. The smallest absolute Gasteiger partial charge is 0.0900 e. The van der Waals surface area contributed by atoms with Crippen molar-refractivity contribution in [2.45, 2.75) is 52.1 Å². The SMILES string of the molecule is CN(C)CCC1CCN(CC(O)COCC2=CCC3CC2C3(C)C)CC1. The van der Waals surface area contributed by atoms with Crippen LogP contribution in [-0.4, -0.2) is 74.5 Å². The first-order valence-electron chi connectivity index (χ1n) is 10.7. The first kappa shape index (κ1) is 20.3. The second-order valence-corrected chi connectivity index (χ2v) is 9.83. The maximum Gasteiger partial charge on any atom is 0.0900 e. The van der Waals surface area contributed by atoms with Crippen molar-refractivity contribution in [2.24, 2.45) is 23.2 Å². The first-order valence-corrected chi connectivity index (χ1v) is 10.7. The number of fused-ring (bicyclic) bond motifs is 1. The van der Waals surface area contributed by atoms with Gasteiger partial charge in [0.25, 0.3) is 0 Å². The topological polar surface area (TPSA) is 35.9 Å². The molecule has 4 nitrogen and oxygen atoms in total. The largest absolute Gasteiger partial charge is 0.389 e. The quantitative estimate of drug-likeness (QED) is 0.638. The van der Waals surface area contributed by atoms with Gasteiger partial charge in [0.2, 0.25) is 0 Å². The van der Waals surface area contributed by atoms with Crippen LogP contribution in [0.1, 0.15) is 46.0 Å². The molecule has 3 atom stereocenters. The summed E-state index contributed by atoms with van der Waals surface area (Å²) in [5.41, 5.74) is 1.94. The maximum absolute atomic E-state index is 10.4. The molecule has 1 heterocycles. The number of aliphatic hydroxyl groups excluding tert-OH is 1. The van der Waals surface area contributed by atoms with Crippen LogP contribution in [0.4, 0.5) is 0 Å². The number of likely N-dealkylation sites (tertiary alicyclic amines) is 1. The average molecular weight is 365 g/mol. The van der Waals surface area contributed by atoms with Crippen LogP contribution >= 0.6 is 0 Å². The van der Waals surface area contributed by atoms with E-state index in [1.54, 1.807) is 0 Å². The fourth-order valence-corrected chi connectivity index (χ4v) is 5.20. The minimum absolute atomic E-state index is 0.361. The summed E-state index contributed by atoms with van der Waals surface area (Å²) in [4.78, 5) is 4.69. The Hall–Kier alpha value is -0.420. The van der Waals surface area contributed by atoms with Crippen LogP contribution < -0.4 is 0 Å². The fourth-order valence-electron chi connectivity index (χ4n) is 5.20. The molecule has 0 aromatic rings. The Morgan fingerprint density at radius 3 is 2.65 bits per heavy atom. The summed E-state index contributed by atoms with van der Waals surface area (Å²) >= 11 is 0. The lowest BCUT2D eigenvalue weighted by atomic mass is 9.49. The highest BCUT2D eigenvalue weighted by Gasteiger charge is 2.50. The van der Waals surface area contributed by atoms with Gasteiger partial charge in [-0.05, 0) is 94.6 Å². The van der Waals surface area contributed by atoms with Gasteiger partial charge in [-0.2, -0.15) is 0 Å². The molecule has 3 aliphatic carbocycles. The summed E-state index contributed by atoms with van der Waals surface area (Å²) in [7, 11) is 4.30. The number of nitrogens with zero attached hydrogens (tertiary/aromatic N) is 2. The lowest BCUT2D eigenvalue weighted by Crippen LogP contribution is -2.48. The summed E-state index contributed by atoms with van der Waals surface area (Å²) in [5.74, 6) is 2.44. The van der Waals surface area contributed by atoms with E-state index in [1.165, 1.54) is 44.2 Å². The lowest BCUT2D eigenvalue weighted by Gasteiger charge is -2.56. The molecule has 2 fully saturated rings. The summed E-state index contributed by atoms with van der Waals surface area (Å²) < 4.78 is 5.90. The molecule has 3 unspecified atom stereocenters. The Kier molecular flexibility index (Phi) is 6.82. The van der Waals surface area contributed by atoms with Crippen LogP contribution in [0.3, 0.4) is 0 Å².